The van der Waals surface area contributed by atoms with Crippen LogP contribution in [-0.2, 0) is 6.54 Å². The number of amides is 1. The second-order valence-electron chi connectivity index (χ2n) is 4.72. The fourth-order valence-electron chi connectivity index (χ4n) is 1.96. The number of pyridine rings is 1. The van der Waals surface area contributed by atoms with Gasteiger partial charge in [0.25, 0.3) is 5.91 Å². The summed E-state index contributed by atoms with van der Waals surface area (Å²) in [5.74, 6) is -0.436. The molecule has 3 N–H and O–H groups in total. The number of nitrogen functional groups attached to an aromatic ring is 1. The Bertz CT molecular complexity index is 818. The van der Waals surface area contributed by atoms with Gasteiger partial charge in [-0.2, -0.15) is 5.26 Å². The zero-order chi connectivity index (χ0) is 17.7. The summed E-state index contributed by atoms with van der Waals surface area (Å²) in [6.45, 7) is 2.21. The molecule has 1 aromatic carbocycles. The predicted octanol–water partition coefficient (Wildman–Crippen LogP) is 3.17. The van der Waals surface area contributed by atoms with Crippen molar-refractivity contribution in [2.45, 2.75) is 13.5 Å². The van der Waals surface area contributed by atoms with E-state index in [1.807, 2.05) is 6.07 Å². The second-order valence-corrected chi connectivity index (χ2v) is 5.50. The molecule has 0 spiro atoms. The molecule has 6 nitrogen and oxygen atoms in total. The monoisotopic (exact) mass is 364 g/mol. The van der Waals surface area contributed by atoms with Gasteiger partial charge in [-0.15, -0.1) is 0 Å². The summed E-state index contributed by atoms with van der Waals surface area (Å²) in [5.41, 5.74) is 6.74. The molecule has 1 amide bonds. The normalized spacial score (nSPS) is 10.1. The SMILES string of the molecule is CCOc1nc(C(=O)NCc2cccc(Cl)c2Cl)cc(N)c1C#N. The minimum atomic E-state index is -0.469. The van der Waals surface area contributed by atoms with E-state index in [9.17, 15) is 4.79 Å². The molecular weight excluding hydrogens is 351 g/mol. The Morgan fingerprint density at radius 2 is 2.21 bits per heavy atom. The van der Waals surface area contributed by atoms with E-state index in [0.717, 1.165) is 0 Å². The fourth-order valence-corrected chi connectivity index (χ4v) is 2.35. The van der Waals surface area contributed by atoms with Crippen LogP contribution in [0, 0.1) is 11.3 Å². The third kappa shape index (κ3) is 3.88. The number of anilines is 1. The van der Waals surface area contributed by atoms with E-state index >= 15 is 0 Å². The van der Waals surface area contributed by atoms with Crippen molar-refractivity contribution in [3.05, 3.63) is 51.1 Å². The molecule has 1 heterocycles. The summed E-state index contributed by atoms with van der Waals surface area (Å²) in [4.78, 5) is 16.3. The van der Waals surface area contributed by atoms with Crippen molar-refractivity contribution >= 4 is 34.8 Å². The molecule has 1 aromatic heterocycles. The molecule has 8 heteroatoms. The first-order chi connectivity index (χ1) is 11.5. The number of halogens is 2. The summed E-state index contributed by atoms with van der Waals surface area (Å²) in [5, 5.41) is 12.5. The first kappa shape index (κ1) is 17.9. The van der Waals surface area contributed by atoms with Gasteiger partial charge in [0, 0.05) is 6.54 Å². The zero-order valence-electron chi connectivity index (χ0n) is 12.8. The molecule has 0 atom stereocenters. The number of nitrogens with zero attached hydrogens (tertiary/aromatic N) is 2. The van der Waals surface area contributed by atoms with Crippen LogP contribution < -0.4 is 15.8 Å². The van der Waals surface area contributed by atoms with Crippen molar-refractivity contribution < 1.29 is 9.53 Å². The van der Waals surface area contributed by atoms with Gasteiger partial charge in [0.05, 0.1) is 22.3 Å². The largest absolute Gasteiger partial charge is 0.477 e. The number of ether oxygens (including phenoxy) is 1. The van der Waals surface area contributed by atoms with Gasteiger partial charge in [0.15, 0.2) is 0 Å². The minimum absolute atomic E-state index is 0.0333. The summed E-state index contributed by atoms with van der Waals surface area (Å²) >= 11 is 12.0. The van der Waals surface area contributed by atoms with Gasteiger partial charge in [0.1, 0.15) is 17.3 Å². The molecule has 0 saturated heterocycles. The van der Waals surface area contributed by atoms with Crippen LogP contribution >= 0.6 is 23.2 Å². The first-order valence-corrected chi connectivity index (χ1v) is 7.78. The Morgan fingerprint density at radius 3 is 2.88 bits per heavy atom. The highest BCUT2D eigenvalue weighted by Crippen LogP contribution is 2.26. The molecule has 0 fully saturated rings. The molecule has 0 aliphatic rings. The van der Waals surface area contributed by atoms with Gasteiger partial charge in [-0.3, -0.25) is 4.79 Å². The molecule has 2 aromatic rings. The Morgan fingerprint density at radius 1 is 1.46 bits per heavy atom. The van der Waals surface area contributed by atoms with E-state index < -0.39 is 5.91 Å². The van der Waals surface area contributed by atoms with Crippen molar-refractivity contribution in [3.8, 4) is 11.9 Å². The number of rotatable bonds is 5. The Kier molecular flexibility index (Phi) is 5.85. The number of nitrogens with one attached hydrogen (secondary N) is 1. The van der Waals surface area contributed by atoms with Crippen LogP contribution in [0.15, 0.2) is 24.3 Å². The third-order valence-corrected chi connectivity index (χ3v) is 3.97. The maximum Gasteiger partial charge on any atom is 0.270 e. The van der Waals surface area contributed by atoms with Crippen LogP contribution in [0.25, 0.3) is 0 Å². The molecule has 0 aliphatic carbocycles. The van der Waals surface area contributed by atoms with Crippen molar-refractivity contribution in [2.24, 2.45) is 0 Å². The Hall–Kier alpha value is -2.49. The van der Waals surface area contributed by atoms with Gasteiger partial charge < -0.3 is 15.8 Å². The van der Waals surface area contributed by atoms with E-state index in [0.29, 0.717) is 22.2 Å². The number of hydrogen-bond donors (Lipinski definition) is 2. The summed E-state index contributed by atoms with van der Waals surface area (Å²) < 4.78 is 5.26. The van der Waals surface area contributed by atoms with Gasteiger partial charge in [-0.25, -0.2) is 4.98 Å². The smallest absolute Gasteiger partial charge is 0.270 e. The molecular formula is C16H14Cl2N4O2. The molecule has 2 rings (SSSR count). The molecule has 124 valence electrons. The number of carbonyl (C=O) groups excluding carboxylic acids is 1. The standard InChI is InChI=1S/C16H14Cl2N4O2/c1-2-24-16-10(7-19)12(20)6-13(22-16)15(23)21-8-9-4-3-5-11(17)14(9)18/h3-6H,2,8H2,1H3,(H2,20,22)(H,21,23). The minimum Gasteiger partial charge on any atom is -0.477 e. The summed E-state index contributed by atoms with van der Waals surface area (Å²) in [7, 11) is 0. The summed E-state index contributed by atoms with van der Waals surface area (Å²) in [6, 6.07) is 8.39. The predicted molar refractivity (Wildman–Crippen MR) is 92.2 cm³/mol. The van der Waals surface area contributed by atoms with Crippen molar-refractivity contribution in [2.75, 3.05) is 12.3 Å². The van der Waals surface area contributed by atoms with E-state index in [-0.39, 0.29) is 29.4 Å². The zero-order valence-corrected chi connectivity index (χ0v) is 14.3. The van der Waals surface area contributed by atoms with Gasteiger partial charge >= 0.3 is 0 Å². The molecule has 0 unspecified atom stereocenters. The third-order valence-electron chi connectivity index (χ3n) is 3.11. The second kappa shape index (κ2) is 7.86. The van der Waals surface area contributed by atoms with Gasteiger partial charge in [-0.1, -0.05) is 35.3 Å². The molecule has 0 radical (unpaired) electrons. The lowest BCUT2D eigenvalue weighted by molar-refractivity contribution is 0.0945. The Labute approximate surface area is 149 Å². The topological polar surface area (TPSA) is 101 Å². The number of hydrogen-bond acceptors (Lipinski definition) is 5. The highest BCUT2D eigenvalue weighted by molar-refractivity contribution is 6.42. The fraction of sp³-hybridized carbons (Fsp3) is 0.188. The Balaban J connectivity index is 2.21. The van der Waals surface area contributed by atoms with E-state index in [2.05, 4.69) is 10.3 Å². The van der Waals surface area contributed by atoms with Crippen LogP contribution in [0.2, 0.25) is 10.0 Å². The molecule has 0 bridgehead atoms. The van der Waals surface area contributed by atoms with Crippen LogP contribution in [0.4, 0.5) is 5.69 Å². The lowest BCUT2D eigenvalue weighted by Gasteiger charge is -2.11. The molecule has 0 aliphatic heterocycles. The van der Waals surface area contributed by atoms with Crippen LogP contribution in [-0.4, -0.2) is 17.5 Å². The highest BCUT2D eigenvalue weighted by atomic mass is 35.5. The lowest BCUT2D eigenvalue weighted by atomic mass is 10.2. The maximum atomic E-state index is 12.3. The van der Waals surface area contributed by atoms with Gasteiger partial charge in [0.2, 0.25) is 5.88 Å². The number of nitriles is 1. The van der Waals surface area contributed by atoms with Crippen molar-refractivity contribution in [3.63, 3.8) is 0 Å². The quantitative estimate of drug-likeness (QED) is 0.848. The molecule has 0 saturated carbocycles. The van der Waals surface area contributed by atoms with Gasteiger partial charge in [-0.05, 0) is 24.6 Å². The van der Waals surface area contributed by atoms with Crippen LogP contribution in [0.3, 0.4) is 0 Å². The number of nitrogens with two attached hydrogens (primary N) is 1. The highest BCUT2D eigenvalue weighted by Gasteiger charge is 2.16. The lowest BCUT2D eigenvalue weighted by Crippen LogP contribution is -2.24. The summed E-state index contributed by atoms with van der Waals surface area (Å²) in [6.07, 6.45) is 0. The number of benzene rings is 1. The van der Waals surface area contributed by atoms with Crippen molar-refractivity contribution in [1.29, 1.82) is 5.26 Å². The van der Waals surface area contributed by atoms with Crippen LogP contribution in [0.1, 0.15) is 28.5 Å². The maximum absolute atomic E-state index is 12.3. The average Bonchev–Trinajstić information content (AvgIpc) is 2.56. The van der Waals surface area contributed by atoms with E-state index in [4.69, 9.17) is 38.9 Å². The van der Waals surface area contributed by atoms with E-state index in [1.54, 1.807) is 25.1 Å². The van der Waals surface area contributed by atoms with E-state index in [1.165, 1.54) is 6.07 Å². The number of carbonyl (C=O) groups is 1. The first-order valence-electron chi connectivity index (χ1n) is 7.02. The van der Waals surface area contributed by atoms with Crippen LogP contribution in [0.5, 0.6) is 5.88 Å². The number of aromatic nitrogens is 1. The average molecular weight is 365 g/mol. The van der Waals surface area contributed by atoms with Crippen molar-refractivity contribution in [1.82, 2.24) is 10.3 Å². The molecule has 24 heavy (non-hydrogen) atoms.